The molecule has 7 nitrogen and oxygen atoms in total. The van der Waals surface area contributed by atoms with Gasteiger partial charge in [-0.15, -0.1) is 0 Å². The van der Waals surface area contributed by atoms with Crippen molar-refractivity contribution in [2.75, 3.05) is 13.1 Å². The van der Waals surface area contributed by atoms with Gasteiger partial charge >= 0.3 is 0 Å². The molecule has 130 valence electrons. The number of aromatic nitrogens is 1. The Morgan fingerprint density at radius 3 is 2.36 bits per heavy atom. The number of likely N-dealkylation sites (tertiary alicyclic amines) is 1. The summed E-state index contributed by atoms with van der Waals surface area (Å²) in [6.07, 6.45) is 2.86. The predicted octanol–water partition coefficient (Wildman–Crippen LogP) is 1.53. The van der Waals surface area contributed by atoms with Gasteiger partial charge in [0.2, 0.25) is 0 Å². The van der Waals surface area contributed by atoms with Gasteiger partial charge in [-0.2, -0.15) is 0 Å². The summed E-state index contributed by atoms with van der Waals surface area (Å²) in [5.74, 6) is -0.800. The van der Waals surface area contributed by atoms with Crippen LogP contribution in [0, 0.1) is 0 Å². The summed E-state index contributed by atoms with van der Waals surface area (Å²) >= 11 is 0. The van der Waals surface area contributed by atoms with Crippen molar-refractivity contribution in [2.24, 2.45) is 0 Å². The minimum Gasteiger partial charge on any atom is -0.508 e. The lowest BCUT2D eigenvalue weighted by Crippen LogP contribution is -2.46. The van der Waals surface area contributed by atoms with Gasteiger partial charge in [0.25, 0.3) is 11.8 Å². The molecule has 1 aromatic heterocycles. The van der Waals surface area contributed by atoms with Gasteiger partial charge in [-0.1, -0.05) is 6.07 Å². The van der Waals surface area contributed by atoms with E-state index < -0.39 is 0 Å². The molecule has 1 aliphatic heterocycles. The molecule has 1 aromatic carbocycles. The Morgan fingerprint density at radius 1 is 1.08 bits per heavy atom. The van der Waals surface area contributed by atoms with E-state index in [1.165, 1.54) is 18.2 Å². The Hall–Kier alpha value is -3.09. The first-order valence-electron chi connectivity index (χ1n) is 8.07. The van der Waals surface area contributed by atoms with Crippen LogP contribution in [0.3, 0.4) is 0 Å². The van der Waals surface area contributed by atoms with Gasteiger partial charge in [0.05, 0.1) is 0 Å². The fourth-order valence-electron chi connectivity index (χ4n) is 2.87. The maximum Gasteiger partial charge on any atom is 0.272 e. The minimum atomic E-state index is -0.360. The molecule has 3 N–H and O–H groups in total. The van der Waals surface area contributed by atoms with Gasteiger partial charge in [-0.3, -0.25) is 14.6 Å². The smallest absolute Gasteiger partial charge is 0.272 e. The number of hydrogen-bond donors (Lipinski definition) is 3. The summed E-state index contributed by atoms with van der Waals surface area (Å²) in [5.41, 5.74) is 0.615. The van der Waals surface area contributed by atoms with E-state index >= 15 is 0 Å². The Morgan fingerprint density at radius 2 is 1.76 bits per heavy atom. The first-order valence-corrected chi connectivity index (χ1v) is 8.07. The number of carbonyl (C=O) groups is 2. The number of nitrogens with zero attached hydrogens (tertiary/aromatic N) is 2. The summed E-state index contributed by atoms with van der Waals surface area (Å²) in [6.45, 7) is 1.07. The molecule has 25 heavy (non-hydrogen) atoms. The Labute approximate surface area is 144 Å². The highest BCUT2D eigenvalue weighted by molar-refractivity contribution is 5.95. The predicted molar refractivity (Wildman–Crippen MR) is 90.4 cm³/mol. The second-order valence-electron chi connectivity index (χ2n) is 5.99. The first kappa shape index (κ1) is 16.8. The molecule has 1 fully saturated rings. The molecule has 0 saturated carbocycles. The monoisotopic (exact) mass is 341 g/mol. The normalized spacial score (nSPS) is 15.0. The number of rotatable bonds is 3. The van der Waals surface area contributed by atoms with Crippen LogP contribution in [0.15, 0.2) is 42.6 Å². The van der Waals surface area contributed by atoms with Gasteiger partial charge in [-0.05, 0) is 37.1 Å². The van der Waals surface area contributed by atoms with Crippen LogP contribution in [-0.2, 0) is 0 Å². The average molecular weight is 341 g/mol. The molecular weight excluding hydrogens is 322 g/mol. The van der Waals surface area contributed by atoms with Crippen LogP contribution < -0.4 is 5.32 Å². The third-order valence-electron chi connectivity index (χ3n) is 4.17. The van der Waals surface area contributed by atoms with Crippen LogP contribution in [0.4, 0.5) is 0 Å². The average Bonchev–Trinajstić information content (AvgIpc) is 2.61. The second kappa shape index (κ2) is 7.21. The first-order chi connectivity index (χ1) is 12.0. The lowest BCUT2D eigenvalue weighted by molar-refractivity contribution is 0.0692. The molecule has 7 heteroatoms. The molecule has 0 radical (unpaired) electrons. The van der Waals surface area contributed by atoms with E-state index in [4.69, 9.17) is 0 Å². The lowest BCUT2D eigenvalue weighted by atomic mass is 10.0. The molecule has 1 saturated heterocycles. The number of phenols is 2. The number of hydrogen-bond acceptors (Lipinski definition) is 5. The van der Waals surface area contributed by atoms with Crippen LogP contribution in [0.5, 0.6) is 11.5 Å². The fraction of sp³-hybridized carbons (Fsp3) is 0.278. The standard InChI is InChI=1S/C18H19N3O4/c22-14-9-12(10-15(23)11-14)17(24)20-13-4-7-21(8-5-13)18(25)16-3-1-2-6-19-16/h1-3,6,9-11,13,22-23H,4-5,7-8H2,(H,20,24). The molecule has 0 spiro atoms. The summed E-state index contributed by atoms with van der Waals surface area (Å²) < 4.78 is 0. The molecule has 2 amide bonds. The largest absolute Gasteiger partial charge is 0.508 e. The summed E-state index contributed by atoms with van der Waals surface area (Å²) in [7, 11) is 0. The van der Waals surface area contributed by atoms with Crippen molar-refractivity contribution >= 4 is 11.8 Å². The zero-order chi connectivity index (χ0) is 17.8. The van der Waals surface area contributed by atoms with E-state index in [9.17, 15) is 19.8 Å². The zero-order valence-corrected chi connectivity index (χ0v) is 13.6. The third kappa shape index (κ3) is 4.06. The minimum absolute atomic E-state index is 0.0650. The van der Waals surface area contributed by atoms with Gasteiger partial charge in [-0.25, -0.2) is 0 Å². The SMILES string of the molecule is O=C(NC1CCN(C(=O)c2ccccn2)CC1)c1cc(O)cc(O)c1. The van der Waals surface area contributed by atoms with Crippen molar-refractivity contribution in [2.45, 2.75) is 18.9 Å². The maximum absolute atomic E-state index is 12.3. The molecule has 2 aromatic rings. The maximum atomic E-state index is 12.3. The number of benzene rings is 1. The van der Waals surface area contributed by atoms with Crippen molar-refractivity contribution in [1.29, 1.82) is 0 Å². The number of pyridine rings is 1. The van der Waals surface area contributed by atoms with Crippen LogP contribution in [0.25, 0.3) is 0 Å². The number of piperidine rings is 1. The van der Waals surface area contributed by atoms with Crippen LogP contribution in [0.1, 0.15) is 33.7 Å². The summed E-state index contributed by atoms with van der Waals surface area (Å²) in [4.78, 5) is 30.4. The van der Waals surface area contributed by atoms with Crippen molar-refractivity contribution in [1.82, 2.24) is 15.2 Å². The number of amides is 2. The molecular formula is C18H19N3O4. The van der Waals surface area contributed by atoms with Gasteiger partial charge in [0, 0.05) is 37.0 Å². The topological polar surface area (TPSA) is 103 Å². The molecule has 1 aliphatic rings. The molecule has 0 unspecified atom stereocenters. The van der Waals surface area contributed by atoms with E-state index in [2.05, 4.69) is 10.3 Å². The zero-order valence-electron chi connectivity index (χ0n) is 13.6. The molecule has 0 aliphatic carbocycles. The highest BCUT2D eigenvalue weighted by atomic mass is 16.3. The van der Waals surface area contributed by atoms with E-state index in [0.29, 0.717) is 31.6 Å². The van der Waals surface area contributed by atoms with Gasteiger partial charge in [0.1, 0.15) is 17.2 Å². The molecule has 0 bridgehead atoms. The quantitative estimate of drug-likeness (QED) is 0.786. The highest BCUT2D eigenvalue weighted by Crippen LogP contribution is 2.21. The van der Waals surface area contributed by atoms with E-state index in [-0.39, 0.29) is 34.9 Å². The number of aromatic hydroxyl groups is 2. The number of nitrogens with one attached hydrogen (secondary N) is 1. The Balaban J connectivity index is 1.56. The number of carbonyl (C=O) groups excluding carboxylic acids is 2. The molecule has 3 rings (SSSR count). The van der Waals surface area contributed by atoms with Crippen molar-refractivity contribution in [3.63, 3.8) is 0 Å². The lowest BCUT2D eigenvalue weighted by Gasteiger charge is -2.32. The second-order valence-corrected chi connectivity index (χ2v) is 5.99. The molecule has 2 heterocycles. The van der Waals surface area contributed by atoms with E-state index in [1.54, 1.807) is 29.3 Å². The van der Waals surface area contributed by atoms with Crippen LogP contribution >= 0.6 is 0 Å². The Kier molecular flexibility index (Phi) is 4.83. The van der Waals surface area contributed by atoms with Crippen molar-refractivity contribution in [3.8, 4) is 11.5 Å². The van der Waals surface area contributed by atoms with Crippen molar-refractivity contribution in [3.05, 3.63) is 53.9 Å². The van der Waals surface area contributed by atoms with Crippen LogP contribution in [0.2, 0.25) is 0 Å². The van der Waals surface area contributed by atoms with E-state index in [1.807, 2.05) is 0 Å². The third-order valence-corrected chi connectivity index (χ3v) is 4.17. The van der Waals surface area contributed by atoms with E-state index in [0.717, 1.165) is 0 Å². The van der Waals surface area contributed by atoms with Crippen LogP contribution in [-0.4, -0.2) is 51.0 Å². The number of phenolic OH excluding ortho intramolecular Hbond substituents is 2. The molecule has 0 atom stereocenters. The Bertz CT molecular complexity index is 751. The summed E-state index contributed by atoms with van der Waals surface area (Å²) in [6, 6.07) is 8.92. The van der Waals surface area contributed by atoms with Gasteiger partial charge in [0.15, 0.2) is 0 Å². The highest BCUT2D eigenvalue weighted by Gasteiger charge is 2.25. The summed E-state index contributed by atoms with van der Waals surface area (Å²) in [5, 5.41) is 21.8. The van der Waals surface area contributed by atoms with Crippen molar-refractivity contribution < 1.29 is 19.8 Å². The fourth-order valence-corrected chi connectivity index (χ4v) is 2.87. The van der Waals surface area contributed by atoms with Gasteiger partial charge < -0.3 is 20.4 Å².